The Morgan fingerprint density at radius 1 is 1.40 bits per heavy atom. The smallest absolute Gasteiger partial charge is 0.311 e. The summed E-state index contributed by atoms with van der Waals surface area (Å²) in [5, 5.41) is 13.6. The minimum atomic E-state index is -0.745. The first-order valence-electron chi connectivity index (χ1n) is 9.06. The van der Waals surface area contributed by atoms with E-state index in [1.165, 1.54) is 0 Å². The largest absolute Gasteiger partial charge is 0.481 e. The SMILES string of the molecule is CC(C)(C)c1noc(CCCC(=O)N2C[C@@H]3CCC[C@@]3(C(=O)O)C2)n1. The highest BCUT2D eigenvalue weighted by molar-refractivity contribution is 5.81. The van der Waals surface area contributed by atoms with E-state index in [1.807, 2.05) is 20.8 Å². The van der Waals surface area contributed by atoms with Gasteiger partial charge in [0.1, 0.15) is 0 Å². The van der Waals surface area contributed by atoms with Crippen LogP contribution in [-0.2, 0) is 21.4 Å². The van der Waals surface area contributed by atoms with Gasteiger partial charge in [0.25, 0.3) is 0 Å². The summed E-state index contributed by atoms with van der Waals surface area (Å²) >= 11 is 0. The number of carboxylic acid groups (broad SMARTS) is 1. The van der Waals surface area contributed by atoms with Gasteiger partial charge in [-0.1, -0.05) is 32.3 Å². The van der Waals surface area contributed by atoms with Crippen molar-refractivity contribution in [1.82, 2.24) is 15.0 Å². The van der Waals surface area contributed by atoms with Gasteiger partial charge in [0.2, 0.25) is 11.8 Å². The van der Waals surface area contributed by atoms with Crippen molar-refractivity contribution in [2.45, 2.75) is 64.7 Å². The number of carbonyl (C=O) groups excluding carboxylic acids is 1. The lowest BCUT2D eigenvalue weighted by Gasteiger charge is -2.23. The third kappa shape index (κ3) is 3.41. The van der Waals surface area contributed by atoms with Crippen LogP contribution in [0.25, 0.3) is 0 Å². The molecule has 2 atom stereocenters. The van der Waals surface area contributed by atoms with Crippen LogP contribution in [0.15, 0.2) is 4.52 Å². The monoisotopic (exact) mass is 349 g/mol. The van der Waals surface area contributed by atoms with Crippen LogP contribution >= 0.6 is 0 Å². The molecular weight excluding hydrogens is 322 g/mol. The van der Waals surface area contributed by atoms with E-state index >= 15 is 0 Å². The molecule has 0 bridgehead atoms. The highest BCUT2D eigenvalue weighted by atomic mass is 16.5. The van der Waals surface area contributed by atoms with Crippen molar-refractivity contribution in [3.05, 3.63) is 11.7 Å². The Bertz CT molecular complexity index is 664. The van der Waals surface area contributed by atoms with E-state index in [-0.39, 0.29) is 17.2 Å². The standard InChI is InChI=1S/C18H27N3O4/c1-17(2,3)15-19-13(25-20-15)7-4-8-14(22)21-10-12-6-5-9-18(12,11-21)16(23)24/h12H,4-11H2,1-3H3,(H,23,24)/t12-,18+/m0/s1. The highest BCUT2D eigenvalue weighted by Crippen LogP contribution is 2.49. The summed E-state index contributed by atoms with van der Waals surface area (Å²) in [6.07, 6.45) is 4.13. The quantitative estimate of drug-likeness (QED) is 0.877. The summed E-state index contributed by atoms with van der Waals surface area (Å²) in [5.74, 6) is 0.623. The molecule has 2 heterocycles. The van der Waals surface area contributed by atoms with Crippen molar-refractivity contribution < 1.29 is 19.2 Å². The molecule has 7 heteroatoms. The van der Waals surface area contributed by atoms with Gasteiger partial charge in [-0.3, -0.25) is 9.59 Å². The van der Waals surface area contributed by atoms with E-state index in [9.17, 15) is 14.7 Å². The lowest BCUT2D eigenvalue weighted by Crippen LogP contribution is -2.37. The van der Waals surface area contributed by atoms with Crippen molar-refractivity contribution in [3.8, 4) is 0 Å². The molecule has 1 aliphatic heterocycles. The zero-order chi connectivity index (χ0) is 18.2. The molecule has 7 nitrogen and oxygen atoms in total. The third-order valence-electron chi connectivity index (χ3n) is 5.57. The van der Waals surface area contributed by atoms with Gasteiger partial charge in [-0.25, -0.2) is 0 Å². The molecule has 1 saturated carbocycles. The second-order valence-corrected chi connectivity index (χ2v) is 8.44. The molecule has 138 valence electrons. The minimum absolute atomic E-state index is 0.0329. The highest BCUT2D eigenvalue weighted by Gasteiger charge is 2.55. The second-order valence-electron chi connectivity index (χ2n) is 8.44. The van der Waals surface area contributed by atoms with E-state index in [4.69, 9.17) is 4.52 Å². The fraction of sp³-hybridized carbons (Fsp3) is 0.778. The maximum absolute atomic E-state index is 12.5. The Balaban J connectivity index is 1.51. The van der Waals surface area contributed by atoms with Crippen LogP contribution in [0.3, 0.4) is 0 Å². The van der Waals surface area contributed by atoms with Gasteiger partial charge in [0, 0.05) is 31.3 Å². The Kier molecular flexibility index (Phi) is 4.60. The number of aromatic nitrogens is 2. The van der Waals surface area contributed by atoms with Crippen molar-refractivity contribution in [3.63, 3.8) is 0 Å². The van der Waals surface area contributed by atoms with Crippen LogP contribution in [0.1, 0.15) is 64.6 Å². The number of rotatable bonds is 5. The van der Waals surface area contributed by atoms with Crippen molar-refractivity contribution in [2.75, 3.05) is 13.1 Å². The normalized spacial score (nSPS) is 26.0. The molecule has 1 aliphatic carbocycles. The van der Waals surface area contributed by atoms with E-state index in [0.29, 0.717) is 50.5 Å². The Hall–Kier alpha value is -1.92. The van der Waals surface area contributed by atoms with Gasteiger partial charge in [-0.2, -0.15) is 4.98 Å². The molecule has 1 aromatic heterocycles. The zero-order valence-corrected chi connectivity index (χ0v) is 15.2. The number of hydrogen-bond acceptors (Lipinski definition) is 5. The number of carboxylic acids is 1. The average Bonchev–Trinajstić information content (AvgIpc) is 3.19. The van der Waals surface area contributed by atoms with Crippen molar-refractivity contribution >= 4 is 11.9 Å². The molecule has 0 spiro atoms. The summed E-state index contributed by atoms with van der Waals surface area (Å²) in [7, 11) is 0. The first-order chi connectivity index (χ1) is 11.7. The van der Waals surface area contributed by atoms with Gasteiger partial charge in [-0.15, -0.1) is 0 Å². The second kappa shape index (κ2) is 6.42. The Labute approximate surface area is 147 Å². The molecule has 25 heavy (non-hydrogen) atoms. The number of aliphatic carboxylic acids is 1. The summed E-state index contributed by atoms with van der Waals surface area (Å²) in [5.41, 5.74) is -0.861. The topological polar surface area (TPSA) is 96.5 Å². The van der Waals surface area contributed by atoms with Gasteiger partial charge >= 0.3 is 5.97 Å². The maximum Gasteiger partial charge on any atom is 0.311 e. The van der Waals surface area contributed by atoms with Gasteiger partial charge in [-0.05, 0) is 25.2 Å². The van der Waals surface area contributed by atoms with Gasteiger partial charge in [0.05, 0.1) is 5.41 Å². The Morgan fingerprint density at radius 2 is 2.16 bits per heavy atom. The van der Waals surface area contributed by atoms with Crippen LogP contribution < -0.4 is 0 Å². The van der Waals surface area contributed by atoms with Crippen LogP contribution in [0.5, 0.6) is 0 Å². The molecule has 2 aliphatic rings. The third-order valence-corrected chi connectivity index (χ3v) is 5.57. The fourth-order valence-corrected chi connectivity index (χ4v) is 4.04. The summed E-state index contributed by atoms with van der Waals surface area (Å²) in [6, 6.07) is 0. The molecule has 0 unspecified atom stereocenters. The van der Waals surface area contributed by atoms with Crippen LogP contribution in [0.4, 0.5) is 0 Å². The number of fused-ring (bicyclic) bond motifs is 1. The van der Waals surface area contributed by atoms with Crippen LogP contribution in [0.2, 0.25) is 0 Å². The predicted molar refractivity (Wildman–Crippen MR) is 89.9 cm³/mol. The fourth-order valence-electron chi connectivity index (χ4n) is 4.04. The number of likely N-dealkylation sites (tertiary alicyclic amines) is 1. The molecule has 1 amide bonds. The van der Waals surface area contributed by atoms with E-state index in [1.54, 1.807) is 4.90 Å². The number of carbonyl (C=O) groups is 2. The number of hydrogen-bond donors (Lipinski definition) is 1. The van der Waals surface area contributed by atoms with E-state index in [0.717, 1.165) is 12.8 Å². The lowest BCUT2D eigenvalue weighted by molar-refractivity contribution is -0.149. The first-order valence-corrected chi connectivity index (χ1v) is 9.06. The van der Waals surface area contributed by atoms with E-state index < -0.39 is 11.4 Å². The lowest BCUT2D eigenvalue weighted by atomic mass is 9.81. The minimum Gasteiger partial charge on any atom is -0.481 e. The molecule has 2 fully saturated rings. The summed E-state index contributed by atoms with van der Waals surface area (Å²) < 4.78 is 5.24. The predicted octanol–water partition coefficient (Wildman–Crippen LogP) is 2.40. The van der Waals surface area contributed by atoms with Crippen LogP contribution in [-0.4, -0.2) is 45.1 Å². The number of nitrogens with zero attached hydrogens (tertiary/aromatic N) is 3. The molecule has 0 radical (unpaired) electrons. The molecule has 1 saturated heterocycles. The molecular formula is C18H27N3O4. The van der Waals surface area contributed by atoms with Gasteiger partial charge in [0.15, 0.2) is 5.82 Å². The van der Waals surface area contributed by atoms with Crippen LogP contribution in [0, 0.1) is 11.3 Å². The molecule has 1 aromatic rings. The molecule has 1 N–H and O–H groups in total. The maximum atomic E-state index is 12.5. The summed E-state index contributed by atoms with van der Waals surface area (Å²) in [4.78, 5) is 30.3. The van der Waals surface area contributed by atoms with Gasteiger partial charge < -0.3 is 14.5 Å². The zero-order valence-electron chi connectivity index (χ0n) is 15.2. The van der Waals surface area contributed by atoms with E-state index in [2.05, 4.69) is 10.1 Å². The number of amides is 1. The van der Waals surface area contributed by atoms with Crippen molar-refractivity contribution in [1.29, 1.82) is 0 Å². The summed E-state index contributed by atoms with van der Waals surface area (Å²) in [6.45, 7) is 7.01. The Morgan fingerprint density at radius 3 is 2.76 bits per heavy atom. The van der Waals surface area contributed by atoms with Crippen molar-refractivity contribution in [2.24, 2.45) is 11.3 Å². The average molecular weight is 349 g/mol. The number of aryl methyl sites for hydroxylation is 1. The first kappa shape index (κ1) is 17.9. The molecule has 0 aromatic carbocycles. The molecule has 3 rings (SSSR count).